The van der Waals surface area contributed by atoms with Crippen molar-refractivity contribution in [3.8, 4) is 11.6 Å². The first-order chi connectivity index (χ1) is 14.9. The molecule has 0 fully saturated rings. The Morgan fingerprint density at radius 1 is 0.839 bits per heavy atom. The zero-order valence-electron chi connectivity index (χ0n) is 18.1. The second-order valence-corrected chi connectivity index (χ2v) is 8.50. The molecule has 0 saturated heterocycles. The number of nitrogens with zero attached hydrogens (tertiary/aromatic N) is 3. The van der Waals surface area contributed by atoms with E-state index in [0.29, 0.717) is 18.8 Å². The zero-order chi connectivity index (χ0) is 21.8. The van der Waals surface area contributed by atoms with Gasteiger partial charge in [0, 0.05) is 5.39 Å². The Morgan fingerprint density at radius 3 is 2.23 bits per heavy atom. The average molecular weight is 414 g/mol. The van der Waals surface area contributed by atoms with Crippen molar-refractivity contribution in [3.63, 3.8) is 0 Å². The van der Waals surface area contributed by atoms with Crippen LogP contribution in [-0.2, 0) is 12.0 Å². The predicted octanol–water partition coefficient (Wildman–Crippen LogP) is 7.14. The molecule has 1 N–H and O–H groups in total. The Hall–Kier alpha value is -3.60. The summed E-state index contributed by atoms with van der Waals surface area (Å²) in [4.78, 5) is 0. The van der Waals surface area contributed by atoms with E-state index in [2.05, 4.69) is 43.1 Å². The molecule has 1 aromatic heterocycles. The zero-order valence-corrected chi connectivity index (χ0v) is 18.1. The molecule has 0 bridgehead atoms. The predicted molar refractivity (Wildman–Crippen MR) is 125 cm³/mol. The standard InChI is InChI=1S/C26H27N3O2/c1-26(2,3)19-13-15-21(16-14-19)31-18-17-29-23-12-8-7-11-22(23)24(25(29)30)28-27-20-9-5-4-6-10-20/h4-16,30H,17-18H2,1-3H3. The molecule has 0 aliphatic rings. The van der Waals surface area contributed by atoms with Crippen LogP contribution in [0.5, 0.6) is 11.6 Å². The van der Waals surface area contributed by atoms with Gasteiger partial charge in [-0.25, -0.2) is 0 Å². The Labute approximate surface area is 182 Å². The van der Waals surface area contributed by atoms with Gasteiger partial charge in [-0.1, -0.05) is 69.3 Å². The van der Waals surface area contributed by atoms with Crippen LogP contribution in [0.15, 0.2) is 89.1 Å². The maximum Gasteiger partial charge on any atom is 0.220 e. The maximum atomic E-state index is 10.9. The highest BCUT2D eigenvalue weighted by atomic mass is 16.5. The lowest BCUT2D eigenvalue weighted by Crippen LogP contribution is -2.11. The van der Waals surface area contributed by atoms with Crippen LogP contribution < -0.4 is 4.74 Å². The molecule has 158 valence electrons. The Morgan fingerprint density at radius 2 is 1.52 bits per heavy atom. The van der Waals surface area contributed by atoms with Gasteiger partial charge in [-0.2, -0.15) is 5.11 Å². The lowest BCUT2D eigenvalue weighted by Gasteiger charge is -2.19. The number of rotatable bonds is 6. The van der Waals surface area contributed by atoms with Crippen LogP contribution in [0.4, 0.5) is 11.4 Å². The van der Waals surface area contributed by atoms with E-state index in [1.165, 1.54) is 5.56 Å². The fourth-order valence-electron chi connectivity index (χ4n) is 3.50. The molecule has 0 aliphatic carbocycles. The molecule has 5 nitrogen and oxygen atoms in total. The highest BCUT2D eigenvalue weighted by Crippen LogP contribution is 2.39. The van der Waals surface area contributed by atoms with Gasteiger partial charge >= 0.3 is 0 Å². The summed E-state index contributed by atoms with van der Waals surface area (Å²) in [6.45, 7) is 7.49. The maximum absolute atomic E-state index is 10.9. The van der Waals surface area contributed by atoms with Crippen molar-refractivity contribution >= 4 is 22.3 Å². The van der Waals surface area contributed by atoms with E-state index < -0.39 is 0 Å². The van der Waals surface area contributed by atoms with Gasteiger partial charge in [0.2, 0.25) is 5.88 Å². The number of hydrogen-bond acceptors (Lipinski definition) is 4. The molecule has 31 heavy (non-hydrogen) atoms. The summed E-state index contributed by atoms with van der Waals surface area (Å²) in [5, 5.41) is 20.3. The summed E-state index contributed by atoms with van der Waals surface area (Å²) in [7, 11) is 0. The minimum Gasteiger partial charge on any atom is -0.493 e. The molecule has 0 spiro atoms. The van der Waals surface area contributed by atoms with Crippen molar-refractivity contribution < 1.29 is 9.84 Å². The van der Waals surface area contributed by atoms with Crippen LogP contribution >= 0.6 is 0 Å². The lowest BCUT2D eigenvalue weighted by atomic mass is 9.87. The van der Waals surface area contributed by atoms with Gasteiger partial charge in [-0.3, -0.25) is 0 Å². The number of aromatic hydroxyl groups is 1. The molecule has 0 saturated carbocycles. The van der Waals surface area contributed by atoms with Crippen LogP contribution in [0.1, 0.15) is 26.3 Å². The van der Waals surface area contributed by atoms with Crippen molar-refractivity contribution in [1.29, 1.82) is 0 Å². The van der Waals surface area contributed by atoms with E-state index in [1.54, 1.807) is 0 Å². The third-order valence-electron chi connectivity index (χ3n) is 5.24. The third-order valence-corrected chi connectivity index (χ3v) is 5.24. The quantitative estimate of drug-likeness (QED) is 0.342. The number of azo groups is 1. The van der Waals surface area contributed by atoms with Gasteiger partial charge in [-0.05, 0) is 41.3 Å². The summed E-state index contributed by atoms with van der Waals surface area (Å²) in [5.74, 6) is 0.903. The highest BCUT2D eigenvalue weighted by molar-refractivity contribution is 5.95. The van der Waals surface area contributed by atoms with E-state index >= 15 is 0 Å². The summed E-state index contributed by atoms with van der Waals surface area (Å²) in [6.07, 6.45) is 0. The Bertz CT molecular complexity index is 1190. The Balaban J connectivity index is 1.53. The van der Waals surface area contributed by atoms with Crippen LogP contribution in [-0.4, -0.2) is 16.3 Å². The first-order valence-corrected chi connectivity index (χ1v) is 10.4. The molecule has 4 aromatic rings. The summed E-state index contributed by atoms with van der Waals surface area (Å²) in [6, 6.07) is 25.5. The molecule has 0 unspecified atom stereocenters. The summed E-state index contributed by atoms with van der Waals surface area (Å²) >= 11 is 0. The molecule has 5 heteroatoms. The van der Waals surface area contributed by atoms with Crippen LogP contribution in [0.25, 0.3) is 10.9 Å². The molecule has 0 radical (unpaired) electrons. The molecule has 3 aromatic carbocycles. The molecule has 0 amide bonds. The number of para-hydroxylation sites is 1. The van der Waals surface area contributed by atoms with Crippen LogP contribution in [0, 0.1) is 0 Å². The van der Waals surface area contributed by atoms with Crippen molar-refractivity contribution in [2.45, 2.75) is 32.7 Å². The number of fused-ring (bicyclic) bond motifs is 1. The van der Waals surface area contributed by atoms with E-state index in [9.17, 15) is 5.11 Å². The van der Waals surface area contributed by atoms with Crippen molar-refractivity contribution in [2.75, 3.05) is 6.61 Å². The average Bonchev–Trinajstić information content (AvgIpc) is 3.04. The number of benzene rings is 3. The van der Waals surface area contributed by atoms with Gasteiger partial charge in [0.05, 0.1) is 17.7 Å². The van der Waals surface area contributed by atoms with Gasteiger partial charge in [0.15, 0.2) is 5.69 Å². The summed E-state index contributed by atoms with van der Waals surface area (Å²) in [5.41, 5.74) is 3.48. The van der Waals surface area contributed by atoms with Crippen molar-refractivity contribution in [2.24, 2.45) is 10.2 Å². The molecule has 0 aliphatic heterocycles. The monoisotopic (exact) mass is 413 g/mol. The van der Waals surface area contributed by atoms with Crippen molar-refractivity contribution in [3.05, 3.63) is 84.4 Å². The van der Waals surface area contributed by atoms with E-state index in [4.69, 9.17) is 4.74 Å². The number of ether oxygens (including phenoxy) is 1. The number of aromatic nitrogens is 1. The first-order valence-electron chi connectivity index (χ1n) is 10.4. The highest BCUT2D eigenvalue weighted by Gasteiger charge is 2.17. The topological polar surface area (TPSA) is 59.1 Å². The number of hydrogen-bond donors (Lipinski definition) is 1. The van der Waals surface area contributed by atoms with E-state index in [1.807, 2.05) is 71.3 Å². The van der Waals surface area contributed by atoms with Gasteiger partial charge in [0.25, 0.3) is 0 Å². The first kappa shape index (κ1) is 20.7. The molecule has 1 heterocycles. The minimum atomic E-state index is 0.0903. The smallest absolute Gasteiger partial charge is 0.220 e. The summed E-state index contributed by atoms with van der Waals surface area (Å²) < 4.78 is 7.75. The van der Waals surface area contributed by atoms with E-state index in [0.717, 1.165) is 22.3 Å². The fourth-order valence-corrected chi connectivity index (χ4v) is 3.50. The normalized spacial score (nSPS) is 12.0. The second-order valence-electron chi connectivity index (χ2n) is 8.50. The largest absolute Gasteiger partial charge is 0.493 e. The SMILES string of the molecule is CC(C)(C)c1ccc(OCCn2c(O)c(N=Nc3ccccc3)c3ccccc32)cc1. The van der Waals surface area contributed by atoms with Gasteiger partial charge < -0.3 is 14.4 Å². The minimum absolute atomic E-state index is 0.0903. The van der Waals surface area contributed by atoms with E-state index in [-0.39, 0.29) is 11.3 Å². The third kappa shape index (κ3) is 4.61. The second kappa shape index (κ2) is 8.64. The van der Waals surface area contributed by atoms with Crippen LogP contribution in [0.3, 0.4) is 0 Å². The van der Waals surface area contributed by atoms with Gasteiger partial charge in [0.1, 0.15) is 12.4 Å². The van der Waals surface area contributed by atoms with Gasteiger partial charge in [-0.15, -0.1) is 5.11 Å². The Kier molecular flexibility index (Phi) is 5.76. The van der Waals surface area contributed by atoms with Crippen molar-refractivity contribution in [1.82, 2.24) is 4.57 Å². The molecule has 0 atom stereocenters. The molecular weight excluding hydrogens is 386 g/mol. The fraction of sp³-hybridized carbons (Fsp3) is 0.231. The lowest BCUT2D eigenvalue weighted by molar-refractivity contribution is 0.290. The van der Waals surface area contributed by atoms with Crippen LogP contribution in [0.2, 0.25) is 0 Å². The molecular formula is C26H27N3O2. The molecule has 4 rings (SSSR count).